The van der Waals surface area contributed by atoms with Gasteiger partial charge in [-0.2, -0.15) is 4.31 Å². The van der Waals surface area contributed by atoms with Crippen LogP contribution in [0.15, 0.2) is 77.7 Å². The fourth-order valence-electron chi connectivity index (χ4n) is 4.00. The molecule has 0 amide bonds. The van der Waals surface area contributed by atoms with Gasteiger partial charge in [-0.05, 0) is 47.5 Å². The zero-order chi connectivity index (χ0) is 23.6. The van der Waals surface area contributed by atoms with Crippen LogP contribution < -0.4 is 0 Å². The average Bonchev–Trinajstić information content (AvgIpc) is 2.82. The lowest BCUT2D eigenvalue weighted by Gasteiger charge is -2.39. The zero-order valence-corrected chi connectivity index (χ0v) is 18.3. The third kappa shape index (κ3) is 4.92. The first-order valence-corrected chi connectivity index (χ1v) is 11.7. The van der Waals surface area contributed by atoms with Gasteiger partial charge in [-0.25, -0.2) is 17.2 Å². The minimum atomic E-state index is -3.81. The first-order valence-electron chi connectivity index (χ1n) is 10.3. The highest BCUT2D eigenvalue weighted by atomic mass is 32.2. The number of nitrogens with zero attached hydrogens (tertiary/aromatic N) is 3. The van der Waals surface area contributed by atoms with Crippen LogP contribution in [0.3, 0.4) is 0 Å². The monoisotopic (exact) mass is 473 g/mol. The van der Waals surface area contributed by atoms with Crippen LogP contribution in [0.4, 0.5) is 14.5 Å². The molecule has 0 bridgehead atoms. The standard InChI is InChI=1S/C23H21F2N3O4S/c24-19-5-1-17(2-6-19)23(18-3-7-20(25)8-4-18)26-13-15-27(16-14-26)33(31,32)22-11-9-21(10-12-22)28(29)30/h1-12,23H,13-16H2. The molecule has 0 N–H and O–H groups in total. The van der Waals surface area contributed by atoms with Crippen LogP contribution in [-0.2, 0) is 10.0 Å². The molecule has 1 fully saturated rings. The van der Waals surface area contributed by atoms with E-state index in [4.69, 9.17) is 0 Å². The Morgan fingerprint density at radius 3 is 1.64 bits per heavy atom. The van der Waals surface area contributed by atoms with E-state index < -0.39 is 14.9 Å². The number of hydrogen-bond acceptors (Lipinski definition) is 5. The molecular weight excluding hydrogens is 452 g/mol. The summed E-state index contributed by atoms with van der Waals surface area (Å²) in [6.45, 7) is 1.20. The van der Waals surface area contributed by atoms with Crippen molar-refractivity contribution in [1.82, 2.24) is 9.21 Å². The van der Waals surface area contributed by atoms with Crippen molar-refractivity contribution in [3.63, 3.8) is 0 Å². The summed E-state index contributed by atoms with van der Waals surface area (Å²) in [6, 6.07) is 16.6. The molecule has 0 unspecified atom stereocenters. The third-order valence-corrected chi connectivity index (χ3v) is 7.61. The molecule has 1 aliphatic heterocycles. The van der Waals surface area contributed by atoms with E-state index in [-0.39, 0.29) is 41.3 Å². The van der Waals surface area contributed by atoms with E-state index in [2.05, 4.69) is 4.90 Å². The maximum absolute atomic E-state index is 13.5. The maximum atomic E-state index is 13.5. The van der Waals surface area contributed by atoms with Crippen LogP contribution in [0.5, 0.6) is 0 Å². The van der Waals surface area contributed by atoms with E-state index in [9.17, 15) is 27.3 Å². The van der Waals surface area contributed by atoms with Crippen molar-refractivity contribution in [2.75, 3.05) is 26.2 Å². The van der Waals surface area contributed by atoms with Gasteiger partial charge in [0.1, 0.15) is 11.6 Å². The summed E-state index contributed by atoms with van der Waals surface area (Å²) >= 11 is 0. The fourth-order valence-corrected chi connectivity index (χ4v) is 5.42. The largest absolute Gasteiger partial charge is 0.290 e. The first kappa shape index (κ1) is 23.0. The molecule has 0 spiro atoms. The third-order valence-electron chi connectivity index (χ3n) is 5.70. The molecular formula is C23H21F2N3O4S. The van der Waals surface area contributed by atoms with Gasteiger partial charge in [0.05, 0.1) is 15.9 Å². The number of benzene rings is 3. The van der Waals surface area contributed by atoms with Gasteiger partial charge in [-0.15, -0.1) is 0 Å². The van der Waals surface area contributed by atoms with Crippen LogP contribution in [0.1, 0.15) is 17.2 Å². The van der Waals surface area contributed by atoms with Crippen molar-refractivity contribution < 1.29 is 22.1 Å². The molecule has 0 aliphatic carbocycles. The van der Waals surface area contributed by atoms with E-state index in [0.717, 1.165) is 11.1 Å². The molecule has 0 aromatic heterocycles. The number of nitro groups is 1. The Morgan fingerprint density at radius 2 is 1.21 bits per heavy atom. The molecule has 172 valence electrons. The summed E-state index contributed by atoms with van der Waals surface area (Å²) in [6.07, 6.45) is 0. The van der Waals surface area contributed by atoms with Gasteiger partial charge in [0.25, 0.3) is 5.69 Å². The molecule has 10 heteroatoms. The highest BCUT2D eigenvalue weighted by molar-refractivity contribution is 7.89. The predicted molar refractivity (Wildman–Crippen MR) is 118 cm³/mol. The van der Waals surface area contributed by atoms with E-state index >= 15 is 0 Å². The topological polar surface area (TPSA) is 83.8 Å². The van der Waals surface area contributed by atoms with Crippen LogP contribution in [0.25, 0.3) is 0 Å². The number of halogens is 2. The second-order valence-corrected chi connectivity index (χ2v) is 9.63. The molecule has 3 aromatic rings. The number of non-ortho nitro benzene ring substituents is 1. The van der Waals surface area contributed by atoms with E-state index in [1.807, 2.05) is 0 Å². The van der Waals surface area contributed by atoms with E-state index in [0.29, 0.717) is 13.1 Å². The van der Waals surface area contributed by atoms with Gasteiger partial charge in [-0.3, -0.25) is 15.0 Å². The Labute approximate surface area is 190 Å². The van der Waals surface area contributed by atoms with Crippen molar-refractivity contribution in [2.24, 2.45) is 0 Å². The van der Waals surface area contributed by atoms with Gasteiger partial charge in [-0.1, -0.05) is 24.3 Å². The Balaban J connectivity index is 1.55. The summed E-state index contributed by atoms with van der Waals surface area (Å²) in [5, 5.41) is 10.8. The summed E-state index contributed by atoms with van der Waals surface area (Å²) < 4.78 is 54.3. The molecule has 1 aliphatic rings. The van der Waals surface area contributed by atoms with Gasteiger partial charge >= 0.3 is 0 Å². The Kier molecular flexibility index (Phi) is 6.50. The number of piperazine rings is 1. The number of nitro benzene ring substituents is 1. The number of sulfonamides is 1. The van der Waals surface area contributed by atoms with Crippen molar-refractivity contribution in [3.8, 4) is 0 Å². The Bertz CT molecular complexity index is 1180. The first-order chi connectivity index (χ1) is 15.8. The Hall–Kier alpha value is -3.21. The van der Waals surface area contributed by atoms with Crippen LogP contribution in [-0.4, -0.2) is 48.7 Å². The summed E-state index contributed by atoms with van der Waals surface area (Å²) in [5.74, 6) is -0.730. The highest BCUT2D eigenvalue weighted by Gasteiger charge is 2.32. The SMILES string of the molecule is O=[N+]([O-])c1ccc(S(=O)(=O)N2CCN(C(c3ccc(F)cc3)c3ccc(F)cc3)CC2)cc1. The molecule has 0 saturated carbocycles. The number of hydrogen-bond donors (Lipinski definition) is 0. The lowest BCUT2D eigenvalue weighted by Crippen LogP contribution is -2.49. The minimum absolute atomic E-state index is 0.00447. The molecule has 1 saturated heterocycles. The van der Waals surface area contributed by atoms with Gasteiger partial charge in [0, 0.05) is 38.3 Å². The summed E-state index contributed by atoms with van der Waals surface area (Å²) in [4.78, 5) is 12.3. The van der Waals surface area contributed by atoms with Crippen LogP contribution >= 0.6 is 0 Å². The fraction of sp³-hybridized carbons (Fsp3) is 0.217. The van der Waals surface area contributed by atoms with Gasteiger partial charge in [0.2, 0.25) is 10.0 Å². The summed E-state index contributed by atoms with van der Waals surface area (Å²) in [5.41, 5.74) is 1.45. The van der Waals surface area contributed by atoms with Crippen LogP contribution in [0, 0.1) is 21.7 Å². The van der Waals surface area contributed by atoms with Gasteiger partial charge < -0.3 is 0 Å². The van der Waals surface area contributed by atoms with Crippen molar-refractivity contribution >= 4 is 15.7 Å². The van der Waals surface area contributed by atoms with Crippen molar-refractivity contribution in [2.45, 2.75) is 10.9 Å². The molecule has 7 nitrogen and oxygen atoms in total. The molecule has 0 radical (unpaired) electrons. The molecule has 33 heavy (non-hydrogen) atoms. The lowest BCUT2D eigenvalue weighted by molar-refractivity contribution is -0.384. The zero-order valence-electron chi connectivity index (χ0n) is 17.5. The quantitative estimate of drug-likeness (QED) is 0.400. The van der Waals surface area contributed by atoms with Crippen molar-refractivity contribution in [1.29, 1.82) is 0 Å². The second-order valence-electron chi connectivity index (χ2n) is 7.70. The Morgan fingerprint density at radius 1 is 0.758 bits per heavy atom. The normalized spacial score (nSPS) is 15.6. The molecule has 3 aromatic carbocycles. The second kappa shape index (κ2) is 9.34. The number of rotatable bonds is 6. The van der Waals surface area contributed by atoms with Crippen molar-refractivity contribution in [3.05, 3.63) is 106 Å². The lowest BCUT2D eigenvalue weighted by atomic mass is 9.96. The molecule has 4 rings (SSSR count). The molecule has 1 heterocycles. The summed E-state index contributed by atoms with van der Waals surface area (Å²) in [7, 11) is -3.81. The van der Waals surface area contributed by atoms with E-state index in [1.165, 1.54) is 52.8 Å². The predicted octanol–water partition coefficient (Wildman–Crippen LogP) is 3.97. The smallest absolute Gasteiger partial charge is 0.269 e. The van der Waals surface area contributed by atoms with E-state index in [1.54, 1.807) is 24.3 Å². The van der Waals surface area contributed by atoms with Gasteiger partial charge in [0.15, 0.2) is 0 Å². The highest BCUT2D eigenvalue weighted by Crippen LogP contribution is 2.31. The minimum Gasteiger partial charge on any atom is -0.290 e. The molecule has 0 atom stereocenters. The maximum Gasteiger partial charge on any atom is 0.269 e. The average molecular weight is 474 g/mol. The van der Waals surface area contributed by atoms with Crippen LogP contribution in [0.2, 0.25) is 0 Å².